The molecule has 0 aliphatic heterocycles. The molecular formula is C31H44N5O3-. The van der Waals surface area contributed by atoms with E-state index in [4.69, 9.17) is 16.8 Å². The van der Waals surface area contributed by atoms with E-state index in [1.54, 1.807) is 6.20 Å². The van der Waals surface area contributed by atoms with Crippen molar-refractivity contribution in [3.8, 4) is 0 Å². The lowest BCUT2D eigenvalue weighted by atomic mass is 9.90. The Morgan fingerprint density at radius 1 is 1.08 bits per heavy atom. The maximum atomic E-state index is 11.6. The fourth-order valence-electron chi connectivity index (χ4n) is 4.55. The number of carboxylic acids is 1. The summed E-state index contributed by atoms with van der Waals surface area (Å²) in [6, 6.07) is 11.3. The van der Waals surface area contributed by atoms with E-state index in [0.717, 1.165) is 36.7 Å². The second-order valence-corrected chi connectivity index (χ2v) is 9.87. The molecule has 2 aromatic rings. The van der Waals surface area contributed by atoms with Crippen LogP contribution in [-0.2, 0) is 16.0 Å². The average Bonchev–Trinajstić information content (AvgIpc) is 3.42. The van der Waals surface area contributed by atoms with Crippen LogP contribution in [0.4, 0.5) is 5.82 Å². The van der Waals surface area contributed by atoms with Crippen molar-refractivity contribution in [2.75, 3.05) is 6.54 Å². The number of allylic oxidation sites excluding steroid dienone is 1. The molecule has 2 atom stereocenters. The maximum absolute atomic E-state index is 11.6. The molecule has 0 unspecified atom stereocenters. The van der Waals surface area contributed by atoms with E-state index in [0.29, 0.717) is 30.2 Å². The quantitative estimate of drug-likeness (QED) is 0.0519. The minimum Gasteiger partial charge on any atom is -0.478 e. The fourth-order valence-corrected chi connectivity index (χ4v) is 4.55. The third kappa shape index (κ3) is 13.5. The van der Waals surface area contributed by atoms with E-state index < -0.39 is 5.97 Å². The Kier molecular flexibility index (Phi) is 14.9. The Bertz CT molecular complexity index is 1070. The molecule has 0 bridgehead atoms. The van der Waals surface area contributed by atoms with Crippen LogP contribution >= 0.6 is 0 Å². The van der Waals surface area contributed by atoms with Crippen LogP contribution in [0.15, 0.2) is 65.3 Å². The van der Waals surface area contributed by atoms with Gasteiger partial charge in [-0.25, -0.2) is 9.79 Å². The van der Waals surface area contributed by atoms with Gasteiger partial charge in [0, 0.05) is 12.5 Å². The number of carboxylic acid groups (broad SMARTS) is 1. The Morgan fingerprint density at radius 3 is 2.56 bits per heavy atom. The number of unbranched alkanes of at least 4 members (excludes halogenated alkanes) is 5. The first-order valence-electron chi connectivity index (χ1n) is 13.9. The smallest absolute Gasteiger partial charge is 0.328 e. The second-order valence-electron chi connectivity index (χ2n) is 9.87. The fraction of sp³-hybridized carbons (Fsp3) is 0.452. The van der Waals surface area contributed by atoms with Gasteiger partial charge in [-0.1, -0.05) is 106 Å². The number of guanidine groups is 1. The number of aliphatic carboxylic acids is 1. The highest BCUT2D eigenvalue weighted by atomic mass is 16.4. The molecule has 212 valence electrons. The monoisotopic (exact) mass is 534 g/mol. The first-order valence-corrected chi connectivity index (χ1v) is 13.9. The van der Waals surface area contributed by atoms with Crippen LogP contribution in [0.3, 0.4) is 0 Å². The third-order valence-electron chi connectivity index (χ3n) is 6.63. The molecule has 0 fully saturated rings. The SMILES string of the molecule is CCCCCCCC[C@H](/C=C/c1cccc(CC=O)c1)CC[C@@H]([N-]c1ccc[nH]1)/C(=C/C(=O)O)CN=C(N)N. The second kappa shape index (κ2) is 18.4. The molecule has 8 nitrogen and oxygen atoms in total. The number of hydrogen-bond acceptors (Lipinski definition) is 3. The number of nitrogens with zero attached hydrogens (tertiary/aromatic N) is 2. The molecule has 0 saturated heterocycles. The van der Waals surface area contributed by atoms with Crippen LogP contribution in [-0.4, -0.2) is 40.9 Å². The highest BCUT2D eigenvalue weighted by molar-refractivity contribution is 5.81. The maximum Gasteiger partial charge on any atom is 0.328 e. The molecule has 1 aromatic heterocycles. The van der Waals surface area contributed by atoms with Crippen LogP contribution in [0.5, 0.6) is 0 Å². The predicted molar refractivity (Wildman–Crippen MR) is 160 cm³/mol. The number of carbonyl (C=O) groups excluding carboxylic acids is 1. The van der Waals surface area contributed by atoms with E-state index >= 15 is 0 Å². The van der Waals surface area contributed by atoms with Gasteiger partial charge in [0.2, 0.25) is 0 Å². The first-order chi connectivity index (χ1) is 18.9. The Balaban J connectivity index is 2.20. The number of aromatic nitrogens is 1. The molecule has 2 rings (SSSR count). The van der Waals surface area contributed by atoms with Gasteiger partial charge in [0.05, 0.1) is 6.54 Å². The third-order valence-corrected chi connectivity index (χ3v) is 6.63. The summed E-state index contributed by atoms with van der Waals surface area (Å²) in [5.41, 5.74) is 13.7. The molecule has 0 aliphatic rings. The largest absolute Gasteiger partial charge is 0.478 e. The number of benzene rings is 1. The number of aliphatic imine (C=N–C) groups is 1. The Labute approximate surface area is 232 Å². The molecule has 0 spiro atoms. The van der Waals surface area contributed by atoms with E-state index in [9.17, 15) is 14.7 Å². The van der Waals surface area contributed by atoms with E-state index in [1.807, 2.05) is 36.4 Å². The van der Waals surface area contributed by atoms with Crippen LogP contribution < -0.4 is 11.5 Å². The van der Waals surface area contributed by atoms with Gasteiger partial charge in [-0.3, -0.25) is 0 Å². The molecule has 0 radical (unpaired) electrons. The summed E-state index contributed by atoms with van der Waals surface area (Å²) in [5, 5.41) is 14.3. The minimum absolute atomic E-state index is 0.0744. The van der Waals surface area contributed by atoms with Crippen molar-refractivity contribution in [2.24, 2.45) is 22.4 Å². The summed E-state index contributed by atoms with van der Waals surface area (Å²) < 4.78 is 0. The number of H-pyrrole nitrogens is 1. The lowest BCUT2D eigenvalue weighted by Crippen LogP contribution is -2.24. The zero-order chi connectivity index (χ0) is 28.3. The zero-order valence-electron chi connectivity index (χ0n) is 23.1. The van der Waals surface area contributed by atoms with E-state index in [2.05, 4.69) is 29.1 Å². The van der Waals surface area contributed by atoms with Crippen molar-refractivity contribution in [1.82, 2.24) is 4.98 Å². The first kappa shape index (κ1) is 31.4. The van der Waals surface area contributed by atoms with Gasteiger partial charge in [0.15, 0.2) is 5.96 Å². The zero-order valence-corrected chi connectivity index (χ0v) is 23.1. The van der Waals surface area contributed by atoms with Gasteiger partial charge in [-0.2, -0.15) is 0 Å². The molecule has 39 heavy (non-hydrogen) atoms. The number of rotatable bonds is 20. The van der Waals surface area contributed by atoms with Crippen molar-refractivity contribution in [2.45, 2.75) is 77.2 Å². The van der Waals surface area contributed by atoms with Crippen LogP contribution in [0.1, 0.15) is 75.8 Å². The normalized spacial score (nSPS) is 13.2. The molecule has 1 aromatic carbocycles. The summed E-state index contributed by atoms with van der Waals surface area (Å²) in [6.07, 6.45) is 18.5. The van der Waals surface area contributed by atoms with Crippen molar-refractivity contribution in [3.63, 3.8) is 0 Å². The van der Waals surface area contributed by atoms with Crippen LogP contribution in [0.2, 0.25) is 0 Å². The number of aromatic amines is 1. The summed E-state index contributed by atoms with van der Waals surface area (Å²) in [4.78, 5) is 29.7. The molecule has 0 saturated carbocycles. The summed E-state index contributed by atoms with van der Waals surface area (Å²) >= 11 is 0. The summed E-state index contributed by atoms with van der Waals surface area (Å²) in [5.74, 6) is -0.177. The molecule has 0 aliphatic carbocycles. The highest BCUT2D eigenvalue weighted by Crippen LogP contribution is 2.30. The Hall–Kier alpha value is -3.81. The van der Waals surface area contributed by atoms with Crippen molar-refractivity contribution < 1.29 is 14.7 Å². The van der Waals surface area contributed by atoms with Gasteiger partial charge in [0.1, 0.15) is 6.29 Å². The lowest BCUT2D eigenvalue weighted by molar-refractivity contribution is -0.131. The van der Waals surface area contributed by atoms with Crippen molar-refractivity contribution >= 4 is 30.1 Å². The Morgan fingerprint density at radius 2 is 1.87 bits per heavy atom. The minimum atomic E-state index is -1.05. The van der Waals surface area contributed by atoms with Crippen LogP contribution in [0, 0.1) is 5.92 Å². The van der Waals surface area contributed by atoms with E-state index in [1.165, 1.54) is 38.2 Å². The topological polar surface area (TPSA) is 149 Å². The molecule has 1 heterocycles. The van der Waals surface area contributed by atoms with Crippen molar-refractivity contribution in [3.05, 3.63) is 76.8 Å². The van der Waals surface area contributed by atoms with E-state index in [-0.39, 0.29) is 18.5 Å². The van der Waals surface area contributed by atoms with Gasteiger partial charge < -0.3 is 31.7 Å². The number of nitrogens with two attached hydrogens (primary N) is 2. The average molecular weight is 535 g/mol. The molecule has 6 N–H and O–H groups in total. The number of hydrogen-bond donors (Lipinski definition) is 4. The number of nitrogens with one attached hydrogen (secondary N) is 1. The van der Waals surface area contributed by atoms with Gasteiger partial charge in [-0.05, 0) is 47.9 Å². The number of aldehydes is 1. The predicted octanol–water partition coefficient (Wildman–Crippen LogP) is 6.27. The van der Waals surface area contributed by atoms with Gasteiger partial charge in [0.25, 0.3) is 0 Å². The highest BCUT2D eigenvalue weighted by Gasteiger charge is 2.15. The van der Waals surface area contributed by atoms with Crippen LogP contribution in [0.25, 0.3) is 11.4 Å². The van der Waals surface area contributed by atoms with Crippen molar-refractivity contribution in [1.29, 1.82) is 0 Å². The van der Waals surface area contributed by atoms with Gasteiger partial charge >= 0.3 is 5.97 Å². The van der Waals surface area contributed by atoms with Gasteiger partial charge in [-0.15, -0.1) is 0 Å². The number of carbonyl (C=O) groups is 2. The molecule has 0 amide bonds. The molecular weight excluding hydrogens is 490 g/mol. The lowest BCUT2D eigenvalue weighted by Gasteiger charge is -2.28. The molecule has 8 heteroatoms. The summed E-state index contributed by atoms with van der Waals surface area (Å²) in [6.45, 7) is 2.30. The standard InChI is InChI=1S/C31H44N5O3/c1-2-3-4-5-6-7-10-24(14-15-25-11-8-12-26(21-25)18-20-37)16-17-28(36-29-13-9-19-34-29)27(22-30(38)39)23-35-31(32)33/h8-9,11-15,19-22,24,28,34H,2-7,10,16-18,23H2,1H3,(H,38,39)(H4,32,33,35)/q-1/b15-14+,27-22+/t24-,28-/m1/s1. The summed E-state index contributed by atoms with van der Waals surface area (Å²) in [7, 11) is 0.